The van der Waals surface area contributed by atoms with Crippen molar-refractivity contribution < 1.29 is 9.59 Å². The molecule has 3 rings (SSSR count). The summed E-state index contributed by atoms with van der Waals surface area (Å²) in [5.74, 6) is -0.380. The van der Waals surface area contributed by atoms with E-state index in [1.54, 1.807) is 24.3 Å². The summed E-state index contributed by atoms with van der Waals surface area (Å²) in [5, 5.41) is 3.81. The summed E-state index contributed by atoms with van der Waals surface area (Å²) in [6, 6.07) is 15.9. The molecule has 0 aliphatic carbocycles. The number of imide groups is 1. The molecule has 2 aromatic carbocycles. The normalized spacial score (nSPS) is 18.0. The van der Waals surface area contributed by atoms with Crippen molar-refractivity contribution in [2.45, 2.75) is 19.0 Å². The van der Waals surface area contributed by atoms with Gasteiger partial charge >= 0.3 is 0 Å². The van der Waals surface area contributed by atoms with Crippen molar-refractivity contribution in [3.63, 3.8) is 0 Å². The first-order chi connectivity index (χ1) is 10.6. The highest BCUT2D eigenvalue weighted by molar-refractivity contribution is 6.30. The number of carbonyl (C=O) groups is 2. The highest BCUT2D eigenvalue weighted by Crippen LogP contribution is 2.22. The number of amides is 2. The van der Waals surface area contributed by atoms with Crippen molar-refractivity contribution >= 4 is 29.1 Å². The second-order valence-corrected chi connectivity index (χ2v) is 5.60. The van der Waals surface area contributed by atoms with E-state index in [1.807, 2.05) is 30.3 Å². The van der Waals surface area contributed by atoms with E-state index in [-0.39, 0.29) is 18.2 Å². The number of nitrogens with zero attached hydrogens (tertiary/aromatic N) is 1. The summed E-state index contributed by atoms with van der Waals surface area (Å²) in [7, 11) is 0. The number of nitrogens with one attached hydrogen (secondary N) is 1. The fourth-order valence-corrected chi connectivity index (χ4v) is 2.61. The second kappa shape index (κ2) is 6.30. The van der Waals surface area contributed by atoms with E-state index in [9.17, 15) is 9.59 Å². The summed E-state index contributed by atoms with van der Waals surface area (Å²) in [4.78, 5) is 25.8. The van der Waals surface area contributed by atoms with Gasteiger partial charge in [0, 0.05) is 11.6 Å². The van der Waals surface area contributed by atoms with Gasteiger partial charge in [-0.15, -0.1) is 0 Å². The van der Waals surface area contributed by atoms with Crippen LogP contribution in [0, 0.1) is 0 Å². The van der Waals surface area contributed by atoms with Crippen LogP contribution in [0.3, 0.4) is 0 Å². The second-order valence-electron chi connectivity index (χ2n) is 5.17. The summed E-state index contributed by atoms with van der Waals surface area (Å²) >= 11 is 5.84. The standard InChI is InChI=1S/C17H15ClN2O2/c18-13-8-6-12(7-9-13)11-19-15-10-16(21)20(17(15)22)14-4-2-1-3-5-14/h1-9,15,19H,10-11H2. The van der Waals surface area contributed by atoms with Crippen LogP contribution in [0.2, 0.25) is 5.02 Å². The molecule has 1 atom stereocenters. The van der Waals surface area contributed by atoms with Gasteiger partial charge in [0.05, 0.1) is 18.2 Å². The molecular weight excluding hydrogens is 300 g/mol. The van der Waals surface area contributed by atoms with Crippen molar-refractivity contribution in [1.29, 1.82) is 0 Å². The zero-order valence-electron chi connectivity index (χ0n) is 11.8. The summed E-state index contributed by atoms with van der Waals surface area (Å²) in [5.41, 5.74) is 1.64. The van der Waals surface area contributed by atoms with Gasteiger partial charge in [0.15, 0.2) is 0 Å². The van der Waals surface area contributed by atoms with Crippen molar-refractivity contribution in [1.82, 2.24) is 5.32 Å². The SMILES string of the molecule is O=C1CC(NCc2ccc(Cl)cc2)C(=O)N1c1ccccc1. The topological polar surface area (TPSA) is 49.4 Å². The van der Waals surface area contributed by atoms with Crippen molar-refractivity contribution in [2.24, 2.45) is 0 Å². The predicted molar refractivity (Wildman–Crippen MR) is 85.6 cm³/mol. The van der Waals surface area contributed by atoms with Crippen LogP contribution in [0.15, 0.2) is 54.6 Å². The van der Waals surface area contributed by atoms with Gasteiger partial charge in [-0.2, -0.15) is 0 Å². The minimum absolute atomic E-state index is 0.176. The number of rotatable bonds is 4. The molecule has 1 fully saturated rings. The molecule has 0 aromatic heterocycles. The highest BCUT2D eigenvalue weighted by atomic mass is 35.5. The Morgan fingerprint density at radius 1 is 1.05 bits per heavy atom. The minimum atomic E-state index is -0.483. The number of hydrogen-bond acceptors (Lipinski definition) is 3. The molecule has 1 heterocycles. The maximum Gasteiger partial charge on any atom is 0.251 e. The molecule has 5 heteroatoms. The summed E-state index contributed by atoms with van der Waals surface area (Å²) < 4.78 is 0. The Labute approximate surface area is 133 Å². The van der Waals surface area contributed by atoms with Gasteiger partial charge in [-0.25, -0.2) is 4.90 Å². The Hall–Kier alpha value is -2.17. The zero-order chi connectivity index (χ0) is 15.5. The highest BCUT2D eigenvalue weighted by Gasteiger charge is 2.39. The lowest BCUT2D eigenvalue weighted by molar-refractivity contribution is -0.121. The molecule has 1 saturated heterocycles. The van der Waals surface area contributed by atoms with Gasteiger partial charge in [0.2, 0.25) is 5.91 Å². The zero-order valence-corrected chi connectivity index (χ0v) is 12.6. The van der Waals surface area contributed by atoms with Crippen molar-refractivity contribution in [3.8, 4) is 0 Å². The number of hydrogen-bond donors (Lipinski definition) is 1. The van der Waals surface area contributed by atoms with E-state index in [0.29, 0.717) is 17.3 Å². The third-order valence-corrected chi connectivity index (χ3v) is 3.88. The Balaban J connectivity index is 1.68. The van der Waals surface area contributed by atoms with Crippen LogP contribution >= 0.6 is 11.6 Å². The molecule has 0 spiro atoms. The fraction of sp³-hybridized carbons (Fsp3) is 0.176. The lowest BCUT2D eigenvalue weighted by Crippen LogP contribution is -2.38. The number of halogens is 1. The molecule has 2 amide bonds. The first-order valence-electron chi connectivity index (χ1n) is 7.05. The van der Waals surface area contributed by atoms with Crippen LogP contribution in [0.5, 0.6) is 0 Å². The van der Waals surface area contributed by atoms with Crippen LogP contribution in [-0.4, -0.2) is 17.9 Å². The van der Waals surface area contributed by atoms with E-state index in [1.165, 1.54) is 4.90 Å². The monoisotopic (exact) mass is 314 g/mol. The first-order valence-corrected chi connectivity index (χ1v) is 7.42. The molecule has 0 saturated carbocycles. The average Bonchev–Trinajstić information content (AvgIpc) is 2.82. The molecule has 1 N–H and O–H groups in total. The van der Waals surface area contributed by atoms with Crippen molar-refractivity contribution in [3.05, 3.63) is 65.2 Å². The smallest absolute Gasteiger partial charge is 0.251 e. The number of anilines is 1. The van der Waals surface area contributed by atoms with Crippen LogP contribution in [0.4, 0.5) is 5.69 Å². The van der Waals surface area contributed by atoms with Crippen LogP contribution in [0.25, 0.3) is 0 Å². The molecule has 1 aliphatic rings. The molecule has 1 unspecified atom stereocenters. The third-order valence-electron chi connectivity index (χ3n) is 3.63. The Kier molecular flexibility index (Phi) is 4.22. The maximum absolute atomic E-state index is 12.4. The number of carbonyl (C=O) groups excluding carboxylic acids is 2. The van der Waals surface area contributed by atoms with Crippen LogP contribution in [-0.2, 0) is 16.1 Å². The van der Waals surface area contributed by atoms with Crippen molar-refractivity contribution in [2.75, 3.05) is 4.90 Å². The van der Waals surface area contributed by atoms with E-state index in [2.05, 4.69) is 5.32 Å². The molecule has 0 bridgehead atoms. The minimum Gasteiger partial charge on any atom is -0.301 e. The first kappa shape index (κ1) is 14.8. The quantitative estimate of drug-likeness (QED) is 0.883. The van der Waals surface area contributed by atoms with Crippen LogP contribution < -0.4 is 10.2 Å². The molecule has 22 heavy (non-hydrogen) atoms. The van der Waals surface area contributed by atoms with Gasteiger partial charge in [0.1, 0.15) is 0 Å². The molecule has 1 aliphatic heterocycles. The van der Waals surface area contributed by atoms with Gasteiger partial charge in [-0.3, -0.25) is 9.59 Å². The Morgan fingerprint density at radius 2 is 1.73 bits per heavy atom. The number of para-hydroxylation sites is 1. The van der Waals surface area contributed by atoms with Gasteiger partial charge in [0.25, 0.3) is 5.91 Å². The molecule has 2 aromatic rings. The third kappa shape index (κ3) is 3.03. The lowest BCUT2D eigenvalue weighted by Gasteiger charge is -2.15. The molecule has 4 nitrogen and oxygen atoms in total. The number of benzene rings is 2. The van der Waals surface area contributed by atoms with Gasteiger partial charge in [-0.1, -0.05) is 41.9 Å². The largest absolute Gasteiger partial charge is 0.301 e. The summed E-state index contributed by atoms with van der Waals surface area (Å²) in [6.07, 6.45) is 0.182. The predicted octanol–water partition coefficient (Wildman–Crippen LogP) is 2.76. The molecular formula is C17H15ClN2O2. The van der Waals surface area contributed by atoms with Gasteiger partial charge in [-0.05, 0) is 29.8 Å². The Morgan fingerprint density at radius 3 is 2.41 bits per heavy atom. The van der Waals surface area contributed by atoms with E-state index in [0.717, 1.165) is 5.56 Å². The average molecular weight is 315 g/mol. The molecule has 112 valence electrons. The fourth-order valence-electron chi connectivity index (χ4n) is 2.48. The maximum atomic E-state index is 12.4. The van der Waals surface area contributed by atoms with E-state index >= 15 is 0 Å². The van der Waals surface area contributed by atoms with Crippen LogP contribution in [0.1, 0.15) is 12.0 Å². The van der Waals surface area contributed by atoms with Gasteiger partial charge < -0.3 is 5.32 Å². The lowest BCUT2D eigenvalue weighted by atomic mass is 10.2. The van der Waals surface area contributed by atoms with E-state index in [4.69, 9.17) is 11.6 Å². The Bertz CT molecular complexity index is 686. The summed E-state index contributed by atoms with van der Waals surface area (Å²) in [6.45, 7) is 0.517. The molecule has 0 radical (unpaired) electrons. The van der Waals surface area contributed by atoms with E-state index < -0.39 is 6.04 Å².